The van der Waals surface area contributed by atoms with Gasteiger partial charge in [0.25, 0.3) is 0 Å². The van der Waals surface area contributed by atoms with E-state index in [-0.39, 0.29) is 0 Å². The van der Waals surface area contributed by atoms with Crippen molar-refractivity contribution in [1.82, 2.24) is 0 Å². The number of furan rings is 2. The fourth-order valence-corrected chi connectivity index (χ4v) is 7.55. The van der Waals surface area contributed by atoms with E-state index >= 15 is 0 Å². The first-order chi connectivity index (χ1) is 23.8. The van der Waals surface area contributed by atoms with Crippen molar-refractivity contribution in [1.29, 1.82) is 0 Å². The highest BCUT2D eigenvalue weighted by Gasteiger charge is 2.25. The van der Waals surface area contributed by atoms with Crippen molar-refractivity contribution in [2.75, 3.05) is 0 Å². The molecule has 10 rings (SSSR count). The number of hydrogen-bond donors (Lipinski definition) is 0. The van der Waals surface area contributed by atoms with Gasteiger partial charge >= 0.3 is 0 Å². The molecule has 2 aromatic heterocycles. The predicted molar refractivity (Wildman–Crippen MR) is 200 cm³/mol. The summed E-state index contributed by atoms with van der Waals surface area (Å²) in [4.78, 5) is 0. The summed E-state index contributed by atoms with van der Waals surface area (Å²) in [5.74, 6) is 0.866. The summed E-state index contributed by atoms with van der Waals surface area (Å²) in [6.07, 6.45) is 0. The number of fused-ring (bicyclic) bond motifs is 6. The first kappa shape index (κ1) is 26.8. The molecular formula is C46H28O2. The third kappa shape index (κ3) is 4.06. The van der Waals surface area contributed by atoms with Crippen LogP contribution in [0.5, 0.6) is 0 Å². The molecule has 10 aromatic rings. The lowest BCUT2D eigenvalue weighted by Crippen LogP contribution is -1.91. The molecule has 0 aliphatic carbocycles. The zero-order chi connectivity index (χ0) is 31.6. The molecular weight excluding hydrogens is 585 g/mol. The lowest BCUT2D eigenvalue weighted by Gasteiger charge is -2.18. The molecule has 0 radical (unpaired) electrons. The van der Waals surface area contributed by atoms with E-state index in [4.69, 9.17) is 8.83 Å². The highest BCUT2D eigenvalue weighted by atomic mass is 16.3. The van der Waals surface area contributed by atoms with Crippen molar-refractivity contribution in [2.45, 2.75) is 0 Å². The first-order valence-corrected chi connectivity index (χ1v) is 16.3. The second-order valence-corrected chi connectivity index (χ2v) is 12.4. The summed E-state index contributed by atoms with van der Waals surface area (Å²) in [5.41, 5.74) is 10.7. The van der Waals surface area contributed by atoms with Crippen molar-refractivity contribution in [3.63, 3.8) is 0 Å². The molecule has 224 valence electrons. The van der Waals surface area contributed by atoms with Gasteiger partial charge in [0.15, 0.2) is 0 Å². The van der Waals surface area contributed by atoms with Gasteiger partial charge in [0.05, 0.1) is 0 Å². The first-order valence-electron chi connectivity index (χ1n) is 16.3. The molecule has 8 aromatic carbocycles. The molecule has 2 nitrogen and oxygen atoms in total. The van der Waals surface area contributed by atoms with Crippen LogP contribution in [0.1, 0.15) is 0 Å². The van der Waals surface area contributed by atoms with Crippen molar-refractivity contribution >= 4 is 54.5 Å². The molecule has 0 atom stereocenters. The minimum absolute atomic E-state index is 0.843. The van der Waals surface area contributed by atoms with Crippen LogP contribution in [0.15, 0.2) is 179 Å². The molecule has 2 heteroatoms. The van der Waals surface area contributed by atoms with E-state index in [9.17, 15) is 0 Å². The smallest absolute Gasteiger partial charge is 0.144 e. The van der Waals surface area contributed by atoms with Gasteiger partial charge in [0, 0.05) is 27.3 Å². The van der Waals surface area contributed by atoms with E-state index in [1.807, 2.05) is 12.1 Å². The van der Waals surface area contributed by atoms with E-state index in [1.165, 1.54) is 33.0 Å². The van der Waals surface area contributed by atoms with Gasteiger partial charge in [0.1, 0.15) is 22.5 Å². The molecule has 2 heterocycles. The maximum absolute atomic E-state index is 7.06. The van der Waals surface area contributed by atoms with Gasteiger partial charge in [-0.15, -0.1) is 0 Å². The molecule has 0 aliphatic rings. The van der Waals surface area contributed by atoms with Gasteiger partial charge in [-0.2, -0.15) is 0 Å². The van der Waals surface area contributed by atoms with Crippen molar-refractivity contribution in [3.05, 3.63) is 170 Å². The summed E-state index contributed by atoms with van der Waals surface area (Å²) >= 11 is 0. The Labute approximate surface area is 277 Å². The van der Waals surface area contributed by atoms with Gasteiger partial charge in [-0.1, -0.05) is 146 Å². The number of rotatable bonds is 4. The van der Waals surface area contributed by atoms with Gasteiger partial charge in [-0.3, -0.25) is 0 Å². The van der Waals surface area contributed by atoms with E-state index < -0.39 is 0 Å². The highest BCUT2D eigenvalue weighted by molar-refractivity contribution is 6.23. The molecule has 0 bridgehead atoms. The van der Waals surface area contributed by atoms with Gasteiger partial charge in [-0.05, 0) is 73.6 Å². The van der Waals surface area contributed by atoms with Crippen LogP contribution in [0, 0.1) is 0 Å². The van der Waals surface area contributed by atoms with E-state index in [2.05, 4.69) is 158 Å². The summed E-state index contributed by atoms with van der Waals surface area (Å²) in [5, 5.41) is 7.87. The molecule has 0 unspecified atom stereocenters. The molecule has 0 saturated heterocycles. The minimum Gasteiger partial charge on any atom is -0.456 e. The normalized spacial score (nSPS) is 11.8. The summed E-state index contributed by atoms with van der Waals surface area (Å²) < 4.78 is 13.4. The van der Waals surface area contributed by atoms with Gasteiger partial charge < -0.3 is 8.83 Å². The van der Waals surface area contributed by atoms with Crippen LogP contribution < -0.4 is 0 Å². The Hall–Kier alpha value is -6.38. The zero-order valence-electron chi connectivity index (χ0n) is 26.0. The fourth-order valence-electron chi connectivity index (χ4n) is 7.55. The van der Waals surface area contributed by atoms with Crippen molar-refractivity contribution < 1.29 is 8.83 Å². The third-order valence-corrected chi connectivity index (χ3v) is 9.67. The number of para-hydroxylation sites is 1. The Morgan fingerprint density at radius 2 is 0.750 bits per heavy atom. The third-order valence-electron chi connectivity index (χ3n) is 9.67. The zero-order valence-corrected chi connectivity index (χ0v) is 26.0. The quantitative estimate of drug-likeness (QED) is 0.185. The van der Waals surface area contributed by atoms with Gasteiger partial charge in [-0.25, -0.2) is 0 Å². The average molecular weight is 613 g/mol. The predicted octanol–water partition coefficient (Wildman–Crippen LogP) is 13.3. The van der Waals surface area contributed by atoms with Crippen LogP contribution in [0.2, 0.25) is 0 Å². The Kier molecular flexibility index (Phi) is 5.91. The lowest BCUT2D eigenvalue weighted by molar-refractivity contribution is 0.633. The van der Waals surface area contributed by atoms with E-state index in [0.717, 1.165) is 66.1 Å². The Morgan fingerprint density at radius 1 is 0.250 bits per heavy atom. The topological polar surface area (TPSA) is 26.3 Å². The standard InChI is InChI=1S/C46H28O2/c1-3-14-29(15-4-1)31-18-13-19-32(26-31)43-34-21-7-9-23-36(34)45(37-24-10-8-22-35(37)43)46-44(30-16-5-2-6-17-30)39-28-41-38(27-42(39)48-46)33-20-11-12-25-40(33)47-41/h1-28H. The average Bonchev–Trinajstić information content (AvgIpc) is 3.71. The summed E-state index contributed by atoms with van der Waals surface area (Å²) in [6.45, 7) is 0. The molecule has 0 spiro atoms. The number of benzene rings is 8. The molecule has 0 fully saturated rings. The van der Waals surface area contributed by atoms with Crippen LogP contribution in [0.4, 0.5) is 0 Å². The maximum atomic E-state index is 7.06. The second kappa shape index (κ2) is 10.6. The summed E-state index contributed by atoms with van der Waals surface area (Å²) in [6, 6.07) is 60.1. The molecule has 0 amide bonds. The van der Waals surface area contributed by atoms with Crippen molar-refractivity contribution in [3.8, 4) is 44.7 Å². The molecule has 0 N–H and O–H groups in total. The maximum Gasteiger partial charge on any atom is 0.144 e. The van der Waals surface area contributed by atoms with Crippen molar-refractivity contribution in [2.24, 2.45) is 0 Å². The second-order valence-electron chi connectivity index (χ2n) is 12.4. The molecule has 48 heavy (non-hydrogen) atoms. The minimum atomic E-state index is 0.843. The van der Waals surface area contributed by atoms with Crippen LogP contribution in [0.3, 0.4) is 0 Å². The van der Waals surface area contributed by atoms with Crippen LogP contribution in [-0.4, -0.2) is 0 Å². The molecule has 0 saturated carbocycles. The Balaban J connectivity index is 1.31. The van der Waals surface area contributed by atoms with Crippen LogP contribution >= 0.6 is 0 Å². The SMILES string of the molecule is c1ccc(-c2cccc(-c3c4ccccc4c(-c4oc5cc6c(cc5c4-c4ccccc4)oc4ccccc46)c4ccccc34)c2)cc1. The monoisotopic (exact) mass is 612 g/mol. The summed E-state index contributed by atoms with van der Waals surface area (Å²) in [7, 11) is 0. The highest BCUT2D eigenvalue weighted by Crippen LogP contribution is 2.50. The van der Waals surface area contributed by atoms with Gasteiger partial charge in [0.2, 0.25) is 0 Å². The lowest BCUT2D eigenvalue weighted by atomic mass is 9.85. The number of hydrogen-bond acceptors (Lipinski definition) is 2. The largest absolute Gasteiger partial charge is 0.456 e. The van der Waals surface area contributed by atoms with E-state index in [1.54, 1.807) is 0 Å². The van der Waals surface area contributed by atoms with E-state index in [0.29, 0.717) is 0 Å². The van der Waals surface area contributed by atoms with Crippen LogP contribution in [-0.2, 0) is 0 Å². The Morgan fingerprint density at radius 3 is 1.44 bits per heavy atom. The van der Waals surface area contributed by atoms with Crippen LogP contribution in [0.25, 0.3) is 99.2 Å². The molecule has 0 aliphatic heterocycles. The Bertz CT molecular complexity index is 2760. The fraction of sp³-hybridized carbons (Fsp3) is 0.